The summed E-state index contributed by atoms with van der Waals surface area (Å²) in [6, 6.07) is 6.35. The van der Waals surface area contributed by atoms with Crippen molar-refractivity contribution in [2.24, 2.45) is 0 Å². The molecular formula is C14H14ClNO4S. The van der Waals surface area contributed by atoms with E-state index in [2.05, 4.69) is 4.98 Å². The molecule has 1 aromatic carbocycles. The Labute approximate surface area is 127 Å². The number of benzene rings is 1. The maximum atomic E-state index is 11.6. The average Bonchev–Trinajstić information content (AvgIpc) is 2.96. The van der Waals surface area contributed by atoms with Crippen LogP contribution in [0.15, 0.2) is 35.4 Å². The number of fused-ring (bicyclic) bond motifs is 1. The van der Waals surface area contributed by atoms with E-state index < -0.39 is 9.05 Å². The summed E-state index contributed by atoms with van der Waals surface area (Å²) in [7, 11) is 1.63. The molecule has 3 rings (SSSR count). The molecule has 7 heteroatoms. The minimum atomic E-state index is -3.82. The Bertz CT molecular complexity index is 757. The molecule has 112 valence electrons. The third-order valence-electron chi connectivity index (χ3n) is 3.40. The van der Waals surface area contributed by atoms with E-state index in [-0.39, 0.29) is 11.0 Å². The van der Waals surface area contributed by atoms with Crippen LogP contribution < -0.4 is 4.74 Å². The van der Waals surface area contributed by atoms with Gasteiger partial charge in [0.1, 0.15) is 17.9 Å². The Morgan fingerprint density at radius 2 is 2.24 bits per heavy atom. The van der Waals surface area contributed by atoms with Gasteiger partial charge in [-0.15, -0.1) is 0 Å². The van der Waals surface area contributed by atoms with Crippen molar-refractivity contribution in [3.8, 4) is 5.75 Å². The van der Waals surface area contributed by atoms with Crippen molar-refractivity contribution in [2.45, 2.75) is 23.8 Å². The normalized spacial score (nSPS) is 19.0. The summed E-state index contributed by atoms with van der Waals surface area (Å²) in [4.78, 5) is 4.25. The molecule has 0 aliphatic carbocycles. The fraction of sp³-hybridized carbons (Fsp3) is 0.357. The zero-order chi connectivity index (χ0) is 14.9. The maximum absolute atomic E-state index is 11.6. The second kappa shape index (κ2) is 5.79. The van der Waals surface area contributed by atoms with Gasteiger partial charge in [0.25, 0.3) is 9.05 Å². The lowest BCUT2D eigenvalue weighted by Crippen LogP contribution is -2.16. The van der Waals surface area contributed by atoms with Gasteiger partial charge < -0.3 is 9.47 Å². The van der Waals surface area contributed by atoms with Crippen LogP contribution in [-0.4, -0.2) is 32.7 Å². The Balaban J connectivity index is 1.96. The number of aromatic nitrogens is 1. The first-order valence-corrected chi connectivity index (χ1v) is 8.93. The van der Waals surface area contributed by atoms with E-state index in [1.54, 1.807) is 24.4 Å². The summed E-state index contributed by atoms with van der Waals surface area (Å²) in [5, 5.41) is 0.456. The van der Waals surface area contributed by atoms with Crippen LogP contribution >= 0.6 is 10.7 Å². The minimum absolute atomic E-state index is 0.0386. The highest BCUT2D eigenvalue weighted by atomic mass is 35.7. The number of ether oxygens (including phenoxy) is 2. The van der Waals surface area contributed by atoms with Gasteiger partial charge in [0, 0.05) is 28.9 Å². The molecule has 1 saturated heterocycles. The van der Waals surface area contributed by atoms with Crippen LogP contribution in [-0.2, 0) is 13.8 Å². The van der Waals surface area contributed by atoms with E-state index in [4.69, 9.17) is 20.2 Å². The van der Waals surface area contributed by atoms with E-state index in [9.17, 15) is 8.42 Å². The van der Waals surface area contributed by atoms with Gasteiger partial charge in [-0.3, -0.25) is 4.98 Å². The van der Waals surface area contributed by atoms with E-state index in [1.807, 2.05) is 0 Å². The van der Waals surface area contributed by atoms with Crippen molar-refractivity contribution in [3.05, 3.63) is 30.5 Å². The van der Waals surface area contributed by atoms with Gasteiger partial charge in [-0.25, -0.2) is 8.42 Å². The lowest BCUT2D eigenvalue weighted by molar-refractivity contribution is 0.0684. The highest BCUT2D eigenvalue weighted by molar-refractivity contribution is 8.14. The molecule has 21 heavy (non-hydrogen) atoms. The van der Waals surface area contributed by atoms with Gasteiger partial charge in [0.2, 0.25) is 0 Å². The number of hydrogen-bond donors (Lipinski definition) is 0. The summed E-state index contributed by atoms with van der Waals surface area (Å²) in [5.41, 5.74) is 0.484. The number of halogens is 1. The fourth-order valence-corrected chi connectivity index (χ4v) is 3.47. The van der Waals surface area contributed by atoms with Gasteiger partial charge in [-0.2, -0.15) is 0 Å². The second-order valence-corrected chi connectivity index (χ2v) is 7.38. The molecule has 1 aliphatic heterocycles. The Kier molecular flexibility index (Phi) is 4.01. The molecule has 1 atom stereocenters. The van der Waals surface area contributed by atoms with E-state index in [0.717, 1.165) is 19.4 Å². The number of hydrogen-bond acceptors (Lipinski definition) is 5. The first kappa shape index (κ1) is 14.6. The third kappa shape index (κ3) is 3.12. The van der Waals surface area contributed by atoms with Crippen LogP contribution in [0.5, 0.6) is 5.75 Å². The van der Waals surface area contributed by atoms with Crippen molar-refractivity contribution < 1.29 is 17.9 Å². The van der Waals surface area contributed by atoms with Crippen LogP contribution in [0.2, 0.25) is 0 Å². The number of pyridine rings is 1. The molecule has 1 aliphatic rings. The lowest BCUT2D eigenvalue weighted by atomic mass is 10.2. The standard InChI is InChI=1S/C14H14ClNO4S/c15-21(17,18)13-6-5-12(14-11(13)4-1-7-16-14)20-9-10-3-2-8-19-10/h1,4-7,10H,2-3,8-9H2. The van der Waals surface area contributed by atoms with E-state index in [0.29, 0.717) is 23.3 Å². The predicted molar refractivity (Wildman–Crippen MR) is 79.3 cm³/mol. The Hall–Kier alpha value is -1.37. The topological polar surface area (TPSA) is 65.5 Å². The summed E-state index contributed by atoms with van der Waals surface area (Å²) < 4.78 is 34.5. The second-order valence-electron chi connectivity index (χ2n) is 4.85. The molecular weight excluding hydrogens is 314 g/mol. The number of nitrogens with zero attached hydrogens (tertiary/aromatic N) is 1. The predicted octanol–water partition coefficient (Wildman–Crippen LogP) is 2.72. The van der Waals surface area contributed by atoms with Crippen molar-refractivity contribution in [2.75, 3.05) is 13.2 Å². The maximum Gasteiger partial charge on any atom is 0.261 e. The van der Waals surface area contributed by atoms with Crippen molar-refractivity contribution >= 4 is 30.6 Å². The molecule has 0 spiro atoms. The summed E-state index contributed by atoms with van der Waals surface area (Å²) in [6.07, 6.45) is 3.68. The van der Waals surface area contributed by atoms with Gasteiger partial charge >= 0.3 is 0 Å². The molecule has 0 bridgehead atoms. The average molecular weight is 328 g/mol. The molecule has 1 unspecified atom stereocenters. The largest absolute Gasteiger partial charge is 0.489 e. The molecule has 1 aromatic heterocycles. The highest BCUT2D eigenvalue weighted by Gasteiger charge is 2.19. The van der Waals surface area contributed by atoms with E-state index in [1.165, 1.54) is 6.07 Å². The summed E-state index contributed by atoms with van der Waals surface area (Å²) in [6.45, 7) is 1.19. The van der Waals surface area contributed by atoms with Crippen LogP contribution in [0, 0.1) is 0 Å². The van der Waals surface area contributed by atoms with Crippen LogP contribution in [0.1, 0.15) is 12.8 Å². The third-order valence-corrected chi connectivity index (χ3v) is 4.78. The fourth-order valence-electron chi connectivity index (χ4n) is 2.41. The van der Waals surface area contributed by atoms with Crippen molar-refractivity contribution in [3.63, 3.8) is 0 Å². The molecule has 5 nitrogen and oxygen atoms in total. The van der Waals surface area contributed by atoms with Crippen molar-refractivity contribution in [1.82, 2.24) is 4.98 Å². The van der Waals surface area contributed by atoms with Crippen LogP contribution in [0.3, 0.4) is 0 Å². The molecule has 0 N–H and O–H groups in total. The Morgan fingerprint density at radius 1 is 1.38 bits per heavy atom. The zero-order valence-electron chi connectivity index (χ0n) is 11.2. The molecule has 0 amide bonds. The monoisotopic (exact) mass is 327 g/mol. The van der Waals surface area contributed by atoms with Gasteiger partial charge in [0.05, 0.1) is 11.0 Å². The van der Waals surface area contributed by atoms with Gasteiger partial charge in [-0.1, -0.05) is 0 Å². The molecule has 2 heterocycles. The van der Waals surface area contributed by atoms with Crippen LogP contribution in [0.25, 0.3) is 10.9 Å². The number of rotatable bonds is 4. The Morgan fingerprint density at radius 3 is 2.95 bits per heavy atom. The lowest BCUT2D eigenvalue weighted by Gasteiger charge is -2.13. The minimum Gasteiger partial charge on any atom is -0.489 e. The summed E-state index contributed by atoms with van der Waals surface area (Å²) in [5.74, 6) is 0.533. The first-order chi connectivity index (χ1) is 10.1. The molecule has 0 radical (unpaired) electrons. The molecule has 2 aromatic rings. The molecule has 1 fully saturated rings. The van der Waals surface area contributed by atoms with E-state index >= 15 is 0 Å². The van der Waals surface area contributed by atoms with Crippen molar-refractivity contribution in [1.29, 1.82) is 0 Å². The SMILES string of the molecule is O=S(=O)(Cl)c1ccc(OCC2CCCO2)c2ncccc12. The van der Waals surface area contributed by atoms with Gasteiger partial charge in [0.15, 0.2) is 0 Å². The van der Waals surface area contributed by atoms with Crippen LogP contribution in [0.4, 0.5) is 0 Å². The quantitative estimate of drug-likeness (QED) is 0.808. The zero-order valence-corrected chi connectivity index (χ0v) is 12.7. The smallest absolute Gasteiger partial charge is 0.261 e. The highest BCUT2D eigenvalue weighted by Crippen LogP contribution is 2.31. The van der Waals surface area contributed by atoms with Gasteiger partial charge in [-0.05, 0) is 37.1 Å². The molecule has 0 saturated carbocycles. The first-order valence-electron chi connectivity index (χ1n) is 6.62. The summed E-state index contributed by atoms with van der Waals surface area (Å²) >= 11 is 0.